The number of rotatable bonds is 4. The molecule has 5 nitrogen and oxygen atoms in total. The number of carbonyl (C=O) groups is 2. The fraction of sp³-hybridized carbons (Fsp3) is 0.833. The highest BCUT2D eigenvalue weighted by molar-refractivity contribution is 5.86. The molecule has 1 saturated heterocycles. The topological polar surface area (TPSA) is 83.6 Å². The van der Waals surface area contributed by atoms with E-state index in [2.05, 4.69) is 0 Å². The maximum atomic E-state index is 12.1. The maximum absolute atomic E-state index is 12.1. The lowest BCUT2D eigenvalue weighted by Crippen LogP contribution is -2.51. The highest BCUT2D eigenvalue weighted by Gasteiger charge is 2.32. The number of nitrogens with zero attached hydrogens (tertiary/aromatic N) is 1. The SMILES string of the molecule is CCC[C@@H](N)C(=O)N1CCCCCC1C(=O)O. The van der Waals surface area contributed by atoms with Crippen molar-refractivity contribution in [2.24, 2.45) is 5.73 Å². The van der Waals surface area contributed by atoms with Crippen molar-refractivity contribution in [1.82, 2.24) is 4.90 Å². The summed E-state index contributed by atoms with van der Waals surface area (Å²) in [5.74, 6) is -1.12. The maximum Gasteiger partial charge on any atom is 0.326 e. The number of nitrogens with two attached hydrogens (primary N) is 1. The molecule has 5 heteroatoms. The van der Waals surface area contributed by atoms with Gasteiger partial charge in [0.2, 0.25) is 5.91 Å². The van der Waals surface area contributed by atoms with Crippen LogP contribution in [0.5, 0.6) is 0 Å². The summed E-state index contributed by atoms with van der Waals surface area (Å²) in [6.45, 7) is 2.48. The number of carbonyl (C=O) groups excluding carboxylic acids is 1. The molecule has 1 amide bonds. The van der Waals surface area contributed by atoms with Crippen LogP contribution < -0.4 is 5.73 Å². The molecule has 0 bridgehead atoms. The molecule has 1 aliphatic rings. The molecule has 0 aromatic carbocycles. The van der Waals surface area contributed by atoms with Crippen LogP contribution in [-0.2, 0) is 9.59 Å². The van der Waals surface area contributed by atoms with Crippen LogP contribution in [0.2, 0.25) is 0 Å². The zero-order valence-electron chi connectivity index (χ0n) is 10.4. The summed E-state index contributed by atoms with van der Waals surface area (Å²) in [4.78, 5) is 24.7. The summed E-state index contributed by atoms with van der Waals surface area (Å²) in [6, 6.07) is -1.24. The van der Waals surface area contributed by atoms with Crippen LogP contribution in [0.15, 0.2) is 0 Å². The summed E-state index contributed by atoms with van der Waals surface area (Å²) in [6.07, 6.45) is 4.70. The molecule has 1 fully saturated rings. The molecule has 0 spiro atoms. The number of hydrogen-bond acceptors (Lipinski definition) is 3. The van der Waals surface area contributed by atoms with Crippen LogP contribution in [0, 0.1) is 0 Å². The Balaban J connectivity index is 2.74. The van der Waals surface area contributed by atoms with Crippen molar-refractivity contribution in [1.29, 1.82) is 0 Å². The molecule has 1 rings (SSSR count). The lowest BCUT2D eigenvalue weighted by molar-refractivity contribution is -0.150. The third-order valence-electron chi connectivity index (χ3n) is 3.24. The first-order valence-electron chi connectivity index (χ1n) is 6.36. The molecule has 1 unspecified atom stereocenters. The second-order valence-corrected chi connectivity index (χ2v) is 4.63. The van der Waals surface area contributed by atoms with Gasteiger partial charge in [-0.3, -0.25) is 4.79 Å². The molecular weight excluding hydrogens is 220 g/mol. The second kappa shape index (κ2) is 6.59. The van der Waals surface area contributed by atoms with Crippen molar-refractivity contribution < 1.29 is 14.7 Å². The first kappa shape index (κ1) is 14.0. The first-order chi connectivity index (χ1) is 8.07. The number of aliphatic carboxylic acids is 1. The molecule has 0 saturated carbocycles. The predicted molar refractivity (Wildman–Crippen MR) is 64.5 cm³/mol. The normalized spacial score (nSPS) is 22.9. The Kier molecular flexibility index (Phi) is 5.41. The van der Waals surface area contributed by atoms with E-state index in [0.29, 0.717) is 19.4 Å². The molecule has 1 aliphatic heterocycles. The van der Waals surface area contributed by atoms with E-state index < -0.39 is 18.1 Å². The summed E-state index contributed by atoms with van der Waals surface area (Å²) in [5.41, 5.74) is 5.79. The average Bonchev–Trinajstić information content (AvgIpc) is 2.53. The van der Waals surface area contributed by atoms with Gasteiger partial charge in [0.05, 0.1) is 6.04 Å². The van der Waals surface area contributed by atoms with E-state index in [-0.39, 0.29) is 5.91 Å². The minimum Gasteiger partial charge on any atom is -0.480 e. The predicted octanol–water partition coefficient (Wildman–Crippen LogP) is 0.970. The van der Waals surface area contributed by atoms with Crippen LogP contribution in [0.25, 0.3) is 0 Å². The average molecular weight is 242 g/mol. The van der Waals surface area contributed by atoms with Crippen molar-refractivity contribution in [3.05, 3.63) is 0 Å². The fourth-order valence-electron chi connectivity index (χ4n) is 2.28. The Hall–Kier alpha value is -1.10. The van der Waals surface area contributed by atoms with Crippen LogP contribution >= 0.6 is 0 Å². The zero-order valence-corrected chi connectivity index (χ0v) is 10.4. The number of hydrogen-bond donors (Lipinski definition) is 2. The van der Waals surface area contributed by atoms with Gasteiger partial charge >= 0.3 is 5.97 Å². The van der Waals surface area contributed by atoms with Crippen LogP contribution in [-0.4, -0.2) is 40.5 Å². The molecule has 17 heavy (non-hydrogen) atoms. The summed E-state index contributed by atoms with van der Waals surface area (Å²) in [5, 5.41) is 9.16. The molecule has 0 aromatic rings. The summed E-state index contributed by atoms with van der Waals surface area (Å²) in [7, 11) is 0. The summed E-state index contributed by atoms with van der Waals surface area (Å²) >= 11 is 0. The first-order valence-corrected chi connectivity index (χ1v) is 6.36. The largest absolute Gasteiger partial charge is 0.480 e. The van der Waals surface area contributed by atoms with Gasteiger partial charge in [-0.25, -0.2) is 4.79 Å². The minimum atomic E-state index is -0.913. The van der Waals surface area contributed by atoms with Crippen LogP contribution in [0.3, 0.4) is 0 Å². The quantitative estimate of drug-likeness (QED) is 0.769. The van der Waals surface area contributed by atoms with E-state index in [9.17, 15) is 9.59 Å². The van der Waals surface area contributed by atoms with Crippen molar-refractivity contribution in [2.75, 3.05) is 6.54 Å². The van der Waals surface area contributed by atoms with E-state index in [1.54, 1.807) is 0 Å². The Morgan fingerprint density at radius 1 is 1.41 bits per heavy atom. The van der Waals surface area contributed by atoms with Gasteiger partial charge < -0.3 is 15.7 Å². The summed E-state index contributed by atoms with van der Waals surface area (Å²) < 4.78 is 0. The van der Waals surface area contributed by atoms with Gasteiger partial charge in [0.1, 0.15) is 6.04 Å². The van der Waals surface area contributed by atoms with Crippen molar-refractivity contribution in [3.63, 3.8) is 0 Å². The van der Waals surface area contributed by atoms with Gasteiger partial charge in [0.15, 0.2) is 0 Å². The van der Waals surface area contributed by atoms with Gasteiger partial charge in [0, 0.05) is 6.54 Å². The van der Waals surface area contributed by atoms with E-state index >= 15 is 0 Å². The standard InChI is InChI=1S/C12H22N2O3/c1-2-6-9(13)11(15)14-8-5-3-4-7-10(14)12(16)17/h9-10H,2-8,13H2,1H3,(H,16,17)/t9-,10?/m1/s1. The molecule has 0 aliphatic carbocycles. The van der Waals surface area contributed by atoms with Gasteiger partial charge in [0.25, 0.3) is 0 Å². The molecule has 0 radical (unpaired) electrons. The molecule has 98 valence electrons. The highest BCUT2D eigenvalue weighted by atomic mass is 16.4. The highest BCUT2D eigenvalue weighted by Crippen LogP contribution is 2.18. The van der Waals surface area contributed by atoms with Crippen LogP contribution in [0.4, 0.5) is 0 Å². The third kappa shape index (κ3) is 3.70. The Morgan fingerprint density at radius 3 is 2.71 bits per heavy atom. The molecule has 1 heterocycles. The van der Waals surface area contributed by atoms with Gasteiger partial charge in [-0.1, -0.05) is 26.2 Å². The zero-order chi connectivity index (χ0) is 12.8. The van der Waals surface area contributed by atoms with E-state index in [0.717, 1.165) is 25.7 Å². The van der Waals surface area contributed by atoms with Crippen molar-refractivity contribution >= 4 is 11.9 Å². The lowest BCUT2D eigenvalue weighted by atomic mass is 10.1. The Morgan fingerprint density at radius 2 is 2.12 bits per heavy atom. The molecule has 0 aromatic heterocycles. The van der Waals surface area contributed by atoms with Crippen LogP contribution in [0.1, 0.15) is 45.4 Å². The number of carboxylic acid groups (broad SMARTS) is 1. The molecule has 3 N–H and O–H groups in total. The number of carboxylic acids is 1. The minimum absolute atomic E-state index is 0.207. The fourth-order valence-corrected chi connectivity index (χ4v) is 2.28. The number of amides is 1. The van der Waals surface area contributed by atoms with E-state index in [4.69, 9.17) is 10.8 Å². The smallest absolute Gasteiger partial charge is 0.326 e. The van der Waals surface area contributed by atoms with Gasteiger partial charge in [-0.2, -0.15) is 0 Å². The Labute approximate surface area is 102 Å². The van der Waals surface area contributed by atoms with Gasteiger partial charge in [-0.15, -0.1) is 0 Å². The van der Waals surface area contributed by atoms with Gasteiger partial charge in [-0.05, 0) is 19.3 Å². The molecule has 2 atom stereocenters. The lowest BCUT2D eigenvalue weighted by Gasteiger charge is -2.29. The monoisotopic (exact) mass is 242 g/mol. The molecular formula is C12H22N2O3. The Bertz CT molecular complexity index is 281. The number of likely N-dealkylation sites (tertiary alicyclic amines) is 1. The third-order valence-corrected chi connectivity index (χ3v) is 3.24. The van der Waals surface area contributed by atoms with Crippen molar-refractivity contribution in [2.45, 2.75) is 57.5 Å². The van der Waals surface area contributed by atoms with E-state index in [1.807, 2.05) is 6.92 Å². The van der Waals surface area contributed by atoms with E-state index in [1.165, 1.54) is 4.90 Å². The second-order valence-electron chi connectivity index (χ2n) is 4.63. The van der Waals surface area contributed by atoms with Crippen molar-refractivity contribution in [3.8, 4) is 0 Å².